The van der Waals surface area contributed by atoms with Crippen LogP contribution in [0.1, 0.15) is 54.4 Å². The summed E-state index contributed by atoms with van der Waals surface area (Å²) in [5.41, 5.74) is 2.32. The van der Waals surface area contributed by atoms with Crippen molar-refractivity contribution in [2.75, 3.05) is 6.61 Å². The zero-order valence-electron chi connectivity index (χ0n) is 13.1. The molecule has 22 heavy (non-hydrogen) atoms. The molecule has 1 aromatic carbocycles. The summed E-state index contributed by atoms with van der Waals surface area (Å²) in [7, 11) is 0. The highest BCUT2D eigenvalue weighted by Crippen LogP contribution is 2.61. The van der Waals surface area contributed by atoms with Gasteiger partial charge in [-0.2, -0.15) is 0 Å². The predicted octanol–water partition coefficient (Wildman–Crippen LogP) is 4.53. The molecule has 0 N–H and O–H groups in total. The monoisotopic (exact) mass is 296 g/mol. The van der Waals surface area contributed by atoms with Crippen LogP contribution in [0.25, 0.3) is 0 Å². The van der Waals surface area contributed by atoms with Gasteiger partial charge in [0.1, 0.15) is 18.6 Å². The zero-order chi connectivity index (χ0) is 15.2. The third kappa shape index (κ3) is 2.20. The summed E-state index contributed by atoms with van der Waals surface area (Å²) < 4.78 is 5.94. The zero-order valence-corrected chi connectivity index (χ0v) is 13.1. The van der Waals surface area contributed by atoms with Crippen LogP contribution in [-0.4, -0.2) is 12.9 Å². The fraction of sp³-hybridized carbons (Fsp3) is 0.550. The third-order valence-electron chi connectivity index (χ3n) is 6.11. The number of ether oxygens (including phenoxy) is 1. The summed E-state index contributed by atoms with van der Waals surface area (Å²) in [6.45, 7) is 4.28. The Morgan fingerprint density at radius 3 is 2.32 bits per heavy atom. The van der Waals surface area contributed by atoms with Crippen molar-refractivity contribution in [3.8, 4) is 5.75 Å². The van der Waals surface area contributed by atoms with Gasteiger partial charge in [0, 0.05) is 11.1 Å². The Balaban J connectivity index is 1.76. The fourth-order valence-corrected chi connectivity index (χ4v) is 5.75. The van der Waals surface area contributed by atoms with Crippen LogP contribution in [0.4, 0.5) is 0 Å². The Labute approximate surface area is 132 Å². The first kappa shape index (κ1) is 14.0. The number of benzene rings is 1. The summed E-state index contributed by atoms with van der Waals surface area (Å²) >= 11 is 0. The minimum absolute atomic E-state index is 0.254. The van der Waals surface area contributed by atoms with Gasteiger partial charge >= 0.3 is 0 Å². The highest BCUT2D eigenvalue weighted by molar-refractivity contribution is 5.76. The molecule has 4 aliphatic rings. The van der Waals surface area contributed by atoms with E-state index in [0.717, 1.165) is 35.4 Å². The molecule has 0 aliphatic heterocycles. The van der Waals surface area contributed by atoms with Crippen molar-refractivity contribution in [2.24, 2.45) is 17.8 Å². The summed E-state index contributed by atoms with van der Waals surface area (Å²) in [4.78, 5) is 11.3. The number of carbonyl (C=O) groups excluding carboxylic acids is 1. The van der Waals surface area contributed by atoms with E-state index in [2.05, 4.69) is 12.6 Å². The third-order valence-corrected chi connectivity index (χ3v) is 6.11. The largest absolute Gasteiger partial charge is 0.489 e. The first-order chi connectivity index (χ1) is 10.7. The first-order valence-corrected chi connectivity index (χ1v) is 8.56. The lowest BCUT2D eigenvalue weighted by atomic mass is 9.48. The molecule has 2 heteroatoms. The number of hydrogen-bond acceptors (Lipinski definition) is 2. The highest BCUT2D eigenvalue weighted by atomic mass is 16.5. The quantitative estimate of drug-likeness (QED) is 0.589. The minimum Gasteiger partial charge on any atom is -0.489 e. The Hall–Kier alpha value is -1.57. The van der Waals surface area contributed by atoms with E-state index >= 15 is 0 Å². The fourth-order valence-electron chi connectivity index (χ4n) is 5.75. The van der Waals surface area contributed by atoms with Crippen LogP contribution in [0.15, 0.2) is 30.9 Å². The van der Waals surface area contributed by atoms with E-state index in [1.54, 1.807) is 6.08 Å². The second-order valence-corrected chi connectivity index (χ2v) is 7.67. The van der Waals surface area contributed by atoms with Crippen LogP contribution in [-0.2, 0) is 5.41 Å². The first-order valence-electron chi connectivity index (χ1n) is 8.56. The molecule has 4 fully saturated rings. The van der Waals surface area contributed by atoms with E-state index in [1.807, 2.05) is 12.1 Å². The maximum absolute atomic E-state index is 11.3. The topological polar surface area (TPSA) is 26.3 Å². The van der Waals surface area contributed by atoms with Gasteiger partial charge in [0.2, 0.25) is 0 Å². The van der Waals surface area contributed by atoms with Gasteiger partial charge in [-0.1, -0.05) is 12.7 Å². The molecule has 0 radical (unpaired) electrons. The molecule has 0 saturated heterocycles. The van der Waals surface area contributed by atoms with E-state index in [0.29, 0.717) is 6.61 Å². The van der Waals surface area contributed by atoms with Crippen LogP contribution in [0.2, 0.25) is 0 Å². The van der Waals surface area contributed by atoms with Crippen LogP contribution in [0.5, 0.6) is 5.75 Å². The highest BCUT2D eigenvalue weighted by Gasteiger charge is 2.52. The van der Waals surface area contributed by atoms with Crippen molar-refractivity contribution in [1.29, 1.82) is 0 Å². The van der Waals surface area contributed by atoms with Gasteiger partial charge in [0.05, 0.1) is 0 Å². The molecule has 0 amide bonds. The summed E-state index contributed by atoms with van der Waals surface area (Å²) in [5.74, 6) is 3.63. The van der Waals surface area contributed by atoms with Crippen molar-refractivity contribution in [2.45, 2.75) is 43.9 Å². The molecule has 0 atom stereocenters. The average molecular weight is 296 g/mol. The number of carbonyl (C=O) groups is 1. The van der Waals surface area contributed by atoms with E-state index < -0.39 is 0 Å². The van der Waals surface area contributed by atoms with Crippen molar-refractivity contribution in [3.63, 3.8) is 0 Å². The molecular formula is C20H24O2. The maximum Gasteiger partial charge on any atom is 0.150 e. The number of hydrogen-bond donors (Lipinski definition) is 0. The van der Waals surface area contributed by atoms with Crippen LogP contribution < -0.4 is 4.74 Å². The summed E-state index contributed by atoms with van der Waals surface area (Å²) in [5, 5.41) is 0. The molecule has 2 nitrogen and oxygen atoms in total. The molecule has 0 aromatic heterocycles. The van der Waals surface area contributed by atoms with Gasteiger partial charge in [-0.3, -0.25) is 4.79 Å². The molecule has 0 unspecified atom stereocenters. The molecule has 4 aliphatic carbocycles. The van der Waals surface area contributed by atoms with Gasteiger partial charge < -0.3 is 4.74 Å². The van der Waals surface area contributed by atoms with Crippen molar-refractivity contribution < 1.29 is 9.53 Å². The van der Waals surface area contributed by atoms with Crippen molar-refractivity contribution in [3.05, 3.63) is 42.0 Å². The van der Waals surface area contributed by atoms with Crippen molar-refractivity contribution >= 4 is 6.29 Å². The molecule has 0 spiro atoms. The second-order valence-electron chi connectivity index (χ2n) is 7.67. The van der Waals surface area contributed by atoms with Crippen LogP contribution >= 0.6 is 0 Å². The lowest BCUT2D eigenvalue weighted by Crippen LogP contribution is -2.48. The smallest absolute Gasteiger partial charge is 0.150 e. The molecular weight excluding hydrogens is 272 g/mol. The normalized spacial score (nSPS) is 35.4. The minimum atomic E-state index is 0.254. The molecule has 1 aromatic rings. The van der Waals surface area contributed by atoms with Gasteiger partial charge in [-0.25, -0.2) is 0 Å². The Kier molecular flexibility index (Phi) is 3.36. The maximum atomic E-state index is 11.3. The lowest BCUT2D eigenvalue weighted by Gasteiger charge is -2.57. The molecule has 116 valence electrons. The standard InChI is InChI=1S/C20H24O2/c1-2-5-22-19-4-3-14(13-21)9-18(19)20-10-15-6-16(11-20)8-17(7-15)12-20/h2-4,9,13,15-17H,1,5-8,10-12H2. The van der Waals surface area contributed by atoms with E-state index in [-0.39, 0.29) is 5.41 Å². The summed E-state index contributed by atoms with van der Waals surface area (Å²) in [6, 6.07) is 5.95. The second kappa shape index (κ2) is 5.26. The van der Waals surface area contributed by atoms with E-state index in [1.165, 1.54) is 44.1 Å². The molecule has 4 bridgehead atoms. The van der Waals surface area contributed by atoms with E-state index in [9.17, 15) is 4.79 Å². The molecule has 5 rings (SSSR count). The Morgan fingerprint density at radius 1 is 1.14 bits per heavy atom. The van der Waals surface area contributed by atoms with Gasteiger partial charge in [-0.05, 0) is 79.9 Å². The molecule has 4 saturated carbocycles. The van der Waals surface area contributed by atoms with E-state index in [4.69, 9.17) is 4.74 Å². The van der Waals surface area contributed by atoms with Crippen molar-refractivity contribution in [1.82, 2.24) is 0 Å². The number of rotatable bonds is 5. The van der Waals surface area contributed by atoms with Gasteiger partial charge in [0.15, 0.2) is 0 Å². The van der Waals surface area contributed by atoms with Crippen LogP contribution in [0, 0.1) is 17.8 Å². The average Bonchev–Trinajstić information content (AvgIpc) is 2.51. The molecule has 0 heterocycles. The van der Waals surface area contributed by atoms with Gasteiger partial charge in [0.25, 0.3) is 0 Å². The Morgan fingerprint density at radius 2 is 1.77 bits per heavy atom. The SMILES string of the molecule is C=CCOc1ccc(C=O)cc1C12CC3CC(CC(C3)C1)C2. The summed E-state index contributed by atoms with van der Waals surface area (Å²) in [6.07, 6.45) is 10.9. The van der Waals surface area contributed by atoms with Gasteiger partial charge in [-0.15, -0.1) is 0 Å². The number of aldehydes is 1. The van der Waals surface area contributed by atoms with Crippen LogP contribution in [0.3, 0.4) is 0 Å². The Bertz CT molecular complexity index is 566. The lowest BCUT2D eigenvalue weighted by molar-refractivity contribution is -0.00629. The predicted molar refractivity (Wildman–Crippen MR) is 87.4 cm³/mol.